The van der Waals surface area contributed by atoms with Crippen LogP contribution in [0.3, 0.4) is 0 Å². The van der Waals surface area contributed by atoms with Gasteiger partial charge in [-0.3, -0.25) is 4.79 Å². The van der Waals surface area contributed by atoms with Crippen molar-refractivity contribution in [2.75, 3.05) is 20.3 Å². The lowest BCUT2D eigenvalue weighted by Crippen LogP contribution is -2.23. The average Bonchev–Trinajstić information content (AvgIpc) is 2.87. The molecule has 0 saturated heterocycles. The summed E-state index contributed by atoms with van der Waals surface area (Å²) in [6, 6.07) is 19.1. The minimum Gasteiger partial charge on any atom is -0.372 e. The maximum atomic E-state index is 10.3. The molecule has 0 fully saturated rings. The minimum atomic E-state index is -0.0770. The van der Waals surface area contributed by atoms with Gasteiger partial charge in [-0.15, -0.1) is 0 Å². The van der Waals surface area contributed by atoms with E-state index in [1.54, 1.807) is 7.05 Å². The monoisotopic (exact) mass is 439 g/mol. The Morgan fingerprint density at radius 2 is 1.44 bits per heavy atom. The number of amides is 1. The summed E-state index contributed by atoms with van der Waals surface area (Å²) in [7, 11) is 1.58. The van der Waals surface area contributed by atoms with Crippen molar-refractivity contribution in [3.63, 3.8) is 0 Å². The van der Waals surface area contributed by atoms with Gasteiger partial charge in [-0.1, -0.05) is 79.2 Å². The molecule has 0 aliphatic carbocycles. The minimum absolute atomic E-state index is 0.0770. The number of carbonyl (C=O) groups excluding carboxylic acids is 3. The van der Waals surface area contributed by atoms with Crippen LogP contribution >= 0.6 is 0 Å². The van der Waals surface area contributed by atoms with Crippen LogP contribution in [0.15, 0.2) is 66.7 Å². The molecule has 0 aliphatic heterocycles. The molecule has 32 heavy (non-hydrogen) atoms. The van der Waals surface area contributed by atoms with Crippen molar-refractivity contribution in [2.24, 2.45) is 0 Å². The van der Waals surface area contributed by atoms with Crippen LogP contribution in [-0.2, 0) is 19.1 Å². The van der Waals surface area contributed by atoms with Gasteiger partial charge in [0.05, 0.1) is 0 Å². The summed E-state index contributed by atoms with van der Waals surface area (Å²) in [5, 5.41) is 2.44. The third-order valence-electron chi connectivity index (χ3n) is 4.44. The molecule has 0 saturated carbocycles. The largest absolute Gasteiger partial charge is 0.372 e. The normalized spacial score (nSPS) is 9.91. The Morgan fingerprint density at radius 3 is 1.88 bits per heavy atom. The van der Waals surface area contributed by atoms with Crippen molar-refractivity contribution in [3.8, 4) is 0 Å². The second kappa shape index (κ2) is 19.6. The van der Waals surface area contributed by atoms with Crippen LogP contribution < -0.4 is 5.32 Å². The number of hydrogen-bond acceptors (Lipinski definition) is 4. The summed E-state index contributed by atoms with van der Waals surface area (Å²) >= 11 is 0. The molecular weight excluding hydrogens is 402 g/mol. The average molecular weight is 440 g/mol. The first-order valence-corrected chi connectivity index (χ1v) is 10.3. The fourth-order valence-corrected chi connectivity index (χ4v) is 2.63. The van der Waals surface area contributed by atoms with Crippen molar-refractivity contribution >= 4 is 30.6 Å². The molecule has 0 aromatic heterocycles. The summed E-state index contributed by atoms with van der Waals surface area (Å²) in [5.74, 6) is -0.0770. The predicted molar refractivity (Wildman–Crippen MR) is 134 cm³/mol. The van der Waals surface area contributed by atoms with Crippen LogP contribution in [-0.4, -0.2) is 39.7 Å². The standard InChI is InChI=1S/C20H22.C5H11NO2.2CH2O/c1-5-16(3)20(19-13-11-15(2)12-14-19)17(4)18-9-7-6-8-10-18;1-3-8-4-5(7)6-2;2*1-2/h6-14H,4-5H2,1-3H3;3-4H2,1-2H3,(H,6,7);2*1H2/b20-16+;;;. The van der Waals surface area contributed by atoms with Gasteiger partial charge in [-0.2, -0.15) is 0 Å². The molecule has 2 aromatic rings. The zero-order valence-electron chi connectivity index (χ0n) is 20.1. The number of ether oxygens (including phenoxy) is 1. The first kappa shape index (κ1) is 30.9. The lowest BCUT2D eigenvalue weighted by Gasteiger charge is -2.15. The van der Waals surface area contributed by atoms with Crippen LogP contribution in [0.5, 0.6) is 0 Å². The molecule has 0 bridgehead atoms. The van der Waals surface area contributed by atoms with E-state index < -0.39 is 0 Å². The second-order valence-corrected chi connectivity index (χ2v) is 6.53. The SMILES string of the molecule is C=C(/C(=C(/C)CC)c1ccc(C)cc1)c1ccccc1.C=O.C=O.CCOCC(=O)NC. The van der Waals surface area contributed by atoms with Crippen LogP contribution in [0.2, 0.25) is 0 Å². The van der Waals surface area contributed by atoms with E-state index in [2.05, 4.69) is 81.2 Å². The van der Waals surface area contributed by atoms with Crippen molar-refractivity contribution in [3.05, 3.63) is 83.4 Å². The van der Waals surface area contributed by atoms with E-state index in [0.717, 1.165) is 12.0 Å². The zero-order valence-corrected chi connectivity index (χ0v) is 20.1. The molecule has 2 aromatic carbocycles. The Hall–Kier alpha value is -3.31. The highest BCUT2D eigenvalue weighted by molar-refractivity contribution is 6.05. The van der Waals surface area contributed by atoms with Gasteiger partial charge in [0.25, 0.3) is 0 Å². The van der Waals surface area contributed by atoms with Gasteiger partial charge in [0.1, 0.15) is 20.2 Å². The Balaban J connectivity index is 0. The van der Waals surface area contributed by atoms with E-state index in [9.17, 15) is 4.79 Å². The highest BCUT2D eigenvalue weighted by Gasteiger charge is 2.11. The quantitative estimate of drug-likeness (QED) is 0.595. The highest BCUT2D eigenvalue weighted by atomic mass is 16.5. The number of nitrogens with one attached hydrogen (secondary N) is 1. The fraction of sp³-hybridized carbons (Fsp3) is 0.296. The Bertz CT molecular complexity index is 809. The van der Waals surface area contributed by atoms with Gasteiger partial charge in [-0.25, -0.2) is 0 Å². The van der Waals surface area contributed by atoms with E-state index >= 15 is 0 Å². The number of rotatable bonds is 7. The number of aryl methyl sites for hydroxylation is 1. The van der Waals surface area contributed by atoms with E-state index in [1.165, 1.54) is 27.8 Å². The Labute approximate surface area is 193 Å². The highest BCUT2D eigenvalue weighted by Crippen LogP contribution is 2.33. The molecular formula is C27H37NO4. The summed E-state index contributed by atoms with van der Waals surface area (Å²) < 4.78 is 4.77. The van der Waals surface area contributed by atoms with Gasteiger partial charge in [0, 0.05) is 13.7 Å². The first-order chi connectivity index (χ1) is 15.4. The lowest BCUT2D eigenvalue weighted by molar-refractivity contribution is -0.125. The summed E-state index contributed by atoms with van der Waals surface area (Å²) in [5.41, 5.74) is 7.49. The molecule has 0 aliphatic rings. The van der Waals surface area contributed by atoms with Crippen LogP contribution in [0.25, 0.3) is 11.1 Å². The van der Waals surface area contributed by atoms with Crippen LogP contribution in [0.4, 0.5) is 0 Å². The number of carbonyl (C=O) groups is 3. The van der Waals surface area contributed by atoms with Crippen molar-refractivity contribution < 1.29 is 19.1 Å². The summed E-state index contributed by atoms with van der Waals surface area (Å²) in [4.78, 5) is 26.3. The molecule has 1 N–H and O–H groups in total. The molecule has 0 unspecified atom stereocenters. The smallest absolute Gasteiger partial charge is 0.245 e. The fourth-order valence-electron chi connectivity index (χ4n) is 2.63. The van der Waals surface area contributed by atoms with E-state index in [0.29, 0.717) is 6.61 Å². The molecule has 5 heteroatoms. The maximum absolute atomic E-state index is 10.3. The number of benzene rings is 2. The third kappa shape index (κ3) is 11.8. The van der Waals surface area contributed by atoms with Gasteiger partial charge < -0.3 is 19.6 Å². The van der Waals surface area contributed by atoms with Crippen molar-refractivity contribution in [2.45, 2.75) is 34.1 Å². The van der Waals surface area contributed by atoms with Gasteiger partial charge in [0.2, 0.25) is 5.91 Å². The van der Waals surface area contributed by atoms with Gasteiger partial charge in [-0.05, 0) is 49.5 Å². The number of hydrogen-bond donors (Lipinski definition) is 1. The first-order valence-electron chi connectivity index (χ1n) is 10.3. The van der Waals surface area contributed by atoms with E-state index in [4.69, 9.17) is 14.3 Å². The maximum Gasteiger partial charge on any atom is 0.245 e. The zero-order chi connectivity index (χ0) is 24.9. The van der Waals surface area contributed by atoms with Crippen LogP contribution in [0, 0.1) is 6.92 Å². The molecule has 0 spiro atoms. The predicted octanol–water partition coefficient (Wildman–Crippen LogP) is 5.29. The molecule has 0 heterocycles. The molecule has 2 rings (SSSR count). The molecule has 1 amide bonds. The Morgan fingerprint density at radius 1 is 0.906 bits per heavy atom. The Kier molecular flexibility index (Phi) is 19.0. The summed E-state index contributed by atoms with van der Waals surface area (Å²) in [6.07, 6.45) is 1.04. The van der Waals surface area contributed by atoms with Crippen LogP contribution in [0.1, 0.15) is 43.9 Å². The van der Waals surface area contributed by atoms with Gasteiger partial charge in [0.15, 0.2) is 0 Å². The second-order valence-electron chi connectivity index (χ2n) is 6.53. The molecule has 0 radical (unpaired) electrons. The molecule has 174 valence electrons. The van der Waals surface area contributed by atoms with E-state index in [1.807, 2.05) is 26.6 Å². The molecule has 0 atom stereocenters. The van der Waals surface area contributed by atoms with E-state index in [-0.39, 0.29) is 12.5 Å². The van der Waals surface area contributed by atoms with Gasteiger partial charge >= 0.3 is 0 Å². The number of allylic oxidation sites excluding steroid dienone is 3. The van der Waals surface area contributed by atoms with Crippen molar-refractivity contribution in [1.29, 1.82) is 0 Å². The lowest BCUT2D eigenvalue weighted by atomic mass is 9.89. The third-order valence-corrected chi connectivity index (χ3v) is 4.44. The van der Waals surface area contributed by atoms with Crippen molar-refractivity contribution in [1.82, 2.24) is 5.32 Å². The topological polar surface area (TPSA) is 72.5 Å². The number of likely N-dealkylation sites (N-methyl/N-ethyl adjacent to an activating group) is 1. The summed E-state index contributed by atoms with van der Waals surface area (Å²) in [6.45, 7) is 17.5. The molecule has 5 nitrogen and oxygen atoms in total.